The second-order valence-corrected chi connectivity index (χ2v) is 4.55. The van der Waals surface area contributed by atoms with Gasteiger partial charge in [0.1, 0.15) is 0 Å². The largest absolute Gasteiger partial charge is 0.306 e. The van der Waals surface area contributed by atoms with Gasteiger partial charge < -0.3 is 4.90 Å². The van der Waals surface area contributed by atoms with Gasteiger partial charge in [-0.25, -0.2) is 0 Å². The van der Waals surface area contributed by atoms with Gasteiger partial charge >= 0.3 is 0 Å². The molecule has 1 amide bonds. The fourth-order valence-corrected chi connectivity index (χ4v) is 1.63. The van der Waals surface area contributed by atoms with Crippen molar-refractivity contribution in [3.63, 3.8) is 0 Å². The number of halogens is 3. The molecular formula is C11H10Cl3NO. The summed E-state index contributed by atoms with van der Waals surface area (Å²) in [4.78, 5) is 12.0. The summed E-state index contributed by atoms with van der Waals surface area (Å²) in [5.41, 5.74) is 0.642. The third-order valence-electron chi connectivity index (χ3n) is 1.88. The van der Waals surface area contributed by atoms with E-state index < -0.39 is 10.7 Å². The first kappa shape index (κ1) is 13.4. The zero-order chi connectivity index (χ0) is 12.1. The lowest BCUT2D eigenvalue weighted by Crippen LogP contribution is -2.35. The van der Waals surface area contributed by atoms with Gasteiger partial charge in [0.2, 0.25) is 0 Å². The van der Waals surface area contributed by atoms with Gasteiger partial charge in [-0.3, -0.25) is 4.79 Å². The summed E-state index contributed by atoms with van der Waals surface area (Å²) in [6, 6.07) is 6.89. The fraction of sp³-hybridized carbons (Fsp3) is 0.182. The van der Waals surface area contributed by atoms with Crippen molar-refractivity contribution < 1.29 is 4.79 Å². The second-order valence-electron chi connectivity index (χ2n) is 3.02. The number of hydrogen-bond acceptors (Lipinski definition) is 1. The minimum atomic E-state index is -1.10. The molecule has 0 aliphatic carbocycles. The van der Waals surface area contributed by atoms with Crippen LogP contribution in [0.25, 0.3) is 0 Å². The molecule has 16 heavy (non-hydrogen) atoms. The topological polar surface area (TPSA) is 20.3 Å². The van der Waals surface area contributed by atoms with Gasteiger partial charge in [0.25, 0.3) is 5.91 Å². The lowest BCUT2D eigenvalue weighted by atomic mass is 10.3. The number of amides is 1. The van der Waals surface area contributed by atoms with Crippen LogP contribution in [-0.2, 0) is 4.79 Å². The van der Waals surface area contributed by atoms with Crippen LogP contribution in [0.4, 0.5) is 5.69 Å². The van der Waals surface area contributed by atoms with Gasteiger partial charge in [0.05, 0.1) is 0 Å². The SMILES string of the molecule is C=CCN(C(=O)C(Cl)Cl)c1cccc(Cl)c1. The van der Waals surface area contributed by atoms with Crippen LogP contribution in [0, 0.1) is 0 Å². The average Bonchev–Trinajstić information content (AvgIpc) is 2.24. The quantitative estimate of drug-likeness (QED) is 0.608. The molecule has 0 saturated heterocycles. The zero-order valence-electron chi connectivity index (χ0n) is 8.37. The van der Waals surface area contributed by atoms with E-state index >= 15 is 0 Å². The highest BCUT2D eigenvalue weighted by molar-refractivity contribution is 6.54. The molecule has 0 aliphatic heterocycles. The van der Waals surface area contributed by atoms with Crippen LogP contribution in [-0.4, -0.2) is 17.3 Å². The molecule has 1 aromatic rings. The van der Waals surface area contributed by atoms with Crippen LogP contribution in [0.3, 0.4) is 0 Å². The number of rotatable bonds is 4. The lowest BCUT2D eigenvalue weighted by Gasteiger charge is -2.21. The number of anilines is 1. The molecule has 5 heteroatoms. The molecular weight excluding hydrogens is 268 g/mol. The van der Waals surface area contributed by atoms with Gasteiger partial charge in [-0.05, 0) is 18.2 Å². The minimum Gasteiger partial charge on any atom is -0.306 e. The first-order chi connectivity index (χ1) is 7.56. The highest BCUT2D eigenvalue weighted by Gasteiger charge is 2.20. The van der Waals surface area contributed by atoms with Gasteiger partial charge in [0, 0.05) is 17.3 Å². The van der Waals surface area contributed by atoms with Crippen molar-refractivity contribution in [3.8, 4) is 0 Å². The Morgan fingerprint density at radius 1 is 1.50 bits per heavy atom. The first-order valence-corrected chi connectivity index (χ1v) is 5.77. The molecule has 0 aliphatic rings. The summed E-state index contributed by atoms with van der Waals surface area (Å²) in [6.45, 7) is 3.91. The summed E-state index contributed by atoms with van der Waals surface area (Å²) in [5.74, 6) is -0.398. The van der Waals surface area contributed by atoms with Crippen molar-refractivity contribution >= 4 is 46.4 Å². The summed E-state index contributed by atoms with van der Waals surface area (Å²) in [5, 5.41) is 0.542. The third kappa shape index (κ3) is 3.41. The van der Waals surface area contributed by atoms with Gasteiger partial charge in [0.15, 0.2) is 4.84 Å². The molecule has 0 spiro atoms. The predicted molar refractivity (Wildman–Crippen MR) is 69.5 cm³/mol. The van der Waals surface area contributed by atoms with E-state index in [0.29, 0.717) is 17.3 Å². The Kier molecular flexibility index (Phi) is 5.13. The second kappa shape index (κ2) is 6.14. The maximum Gasteiger partial charge on any atom is 0.260 e. The normalized spacial score (nSPS) is 10.2. The van der Waals surface area contributed by atoms with Gasteiger partial charge in [-0.15, -0.1) is 6.58 Å². The van der Waals surface area contributed by atoms with E-state index in [1.54, 1.807) is 30.3 Å². The number of nitrogens with zero attached hydrogens (tertiary/aromatic N) is 1. The molecule has 1 aromatic carbocycles. The van der Waals surface area contributed by atoms with Crippen molar-refractivity contribution in [2.45, 2.75) is 4.84 Å². The van der Waals surface area contributed by atoms with E-state index in [2.05, 4.69) is 6.58 Å². The Bertz CT molecular complexity index is 393. The standard InChI is InChI=1S/C11H10Cl3NO/c1-2-6-15(11(16)10(13)14)9-5-3-4-8(12)7-9/h2-5,7,10H,1,6H2. The van der Waals surface area contributed by atoms with Crippen molar-refractivity contribution in [2.24, 2.45) is 0 Å². The Hall–Kier alpha value is -0.700. The van der Waals surface area contributed by atoms with Crippen LogP contribution in [0.1, 0.15) is 0 Å². The molecule has 0 fully saturated rings. The Balaban J connectivity index is 3.02. The van der Waals surface area contributed by atoms with E-state index in [4.69, 9.17) is 34.8 Å². The van der Waals surface area contributed by atoms with Crippen LogP contribution in [0.15, 0.2) is 36.9 Å². The molecule has 0 unspecified atom stereocenters. The van der Waals surface area contributed by atoms with E-state index in [1.807, 2.05) is 0 Å². The van der Waals surface area contributed by atoms with Crippen LogP contribution < -0.4 is 4.90 Å². The third-order valence-corrected chi connectivity index (χ3v) is 2.49. The molecule has 0 N–H and O–H groups in total. The highest BCUT2D eigenvalue weighted by Crippen LogP contribution is 2.21. The highest BCUT2D eigenvalue weighted by atomic mass is 35.5. The smallest absolute Gasteiger partial charge is 0.260 e. The fourth-order valence-electron chi connectivity index (χ4n) is 1.21. The summed E-state index contributed by atoms with van der Waals surface area (Å²) < 4.78 is 0. The Labute approximate surface area is 109 Å². The molecule has 0 saturated carbocycles. The maximum absolute atomic E-state index is 11.7. The Morgan fingerprint density at radius 2 is 2.19 bits per heavy atom. The van der Waals surface area contributed by atoms with Gasteiger partial charge in [-0.2, -0.15) is 0 Å². The molecule has 0 heterocycles. The molecule has 0 atom stereocenters. The maximum atomic E-state index is 11.7. The summed E-state index contributed by atoms with van der Waals surface area (Å²) in [6.07, 6.45) is 1.59. The van der Waals surface area contributed by atoms with E-state index in [-0.39, 0.29) is 0 Å². The molecule has 0 bridgehead atoms. The predicted octanol–water partition coefficient (Wildman–Crippen LogP) is 3.66. The summed E-state index contributed by atoms with van der Waals surface area (Å²) >= 11 is 17.0. The average molecular weight is 279 g/mol. The lowest BCUT2D eigenvalue weighted by molar-refractivity contribution is -0.116. The van der Waals surface area contributed by atoms with Crippen LogP contribution in [0.5, 0.6) is 0 Å². The van der Waals surface area contributed by atoms with E-state index in [9.17, 15) is 4.79 Å². The van der Waals surface area contributed by atoms with Crippen molar-refractivity contribution in [1.29, 1.82) is 0 Å². The molecule has 86 valence electrons. The monoisotopic (exact) mass is 277 g/mol. The van der Waals surface area contributed by atoms with E-state index in [1.165, 1.54) is 4.90 Å². The zero-order valence-corrected chi connectivity index (χ0v) is 10.6. The molecule has 0 aromatic heterocycles. The number of carbonyl (C=O) groups is 1. The molecule has 0 radical (unpaired) electrons. The minimum absolute atomic E-state index is 0.328. The Morgan fingerprint density at radius 3 is 2.69 bits per heavy atom. The van der Waals surface area contributed by atoms with Crippen LogP contribution >= 0.6 is 34.8 Å². The number of benzene rings is 1. The van der Waals surface area contributed by atoms with Crippen LogP contribution in [0.2, 0.25) is 5.02 Å². The molecule has 1 rings (SSSR count). The number of alkyl halides is 2. The van der Waals surface area contributed by atoms with Crippen molar-refractivity contribution in [2.75, 3.05) is 11.4 Å². The van der Waals surface area contributed by atoms with Gasteiger partial charge in [-0.1, -0.05) is 46.9 Å². The van der Waals surface area contributed by atoms with Crippen molar-refractivity contribution in [1.82, 2.24) is 0 Å². The first-order valence-electron chi connectivity index (χ1n) is 4.52. The number of carbonyl (C=O) groups excluding carboxylic acids is 1. The summed E-state index contributed by atoms with van der Waals surface area (Å²) in [7, 11) is 0. The molecule has 2 nitrogen and oxygen atoms in total. The number of hydrogen-bond donors (Lipinski definition) is 0. The van der Waals surface area contributed by atoms with Crippen molar-refractivity contribution in [3.05, 3.63) is 41.9 Å². The van der Waals surface area contributed by atoms with E-state index in [0.717, 1.165) is 0 Å².